The zero-order valence-corrected chi connectivity index (χ0v) is 15.4. The molecule has 5 nitrogen and oxygen atoms in total. The number of esters is 1. The molecule has 0 atom stereocenters. The first-order chi connectivity index (χ1) is 11.3. The Hall–Kier alpha value is -2.12. The molecule has 0 radical (unpaired) electrons. The number of halogens is 1. The van der Waals surface area contributed by atoms with Crippen molar-refractivity contribution in [3.05, 3.63) is 63.6 Å². The minimum absolute atomic E-state index is 0.0641. The van der Waals surface area contributed by atoms with Crippen molar-refractivity contribution in [3.63, 3.8) is 0 Å². The summed E-state index contributed by atoms with van der Waals surface area (Å²) in [6.07, 6.45) is 1.31. The Morgan fingerprint density at radius 2 is 1.79 bits per heavy atom. The Morgan fingerprint density at radius 3 is 2.42 bits per heavy atom. The van der Waals surface area contributed by atoms with Crippen LogP contribution < -0.4 is 4.90 Å². The molecule has 0 saturated heterocycles. The van der Waals surface area contributed by atoms with Crippen molar-refractivity contribution in [2.75, 3.05) is 12.0 Å². The number of ether oxygens (including phenoxy) is 1. The first-order valence-corrected chi connectivity index (χ1v) is 9.33. The van der Waals surface area contributed by atoms with Crippen molar-refractivity contribution >= 4 is 43.1 Å². The highest BCUT2D eigenvalue weighted by atomic mass is 79.9. The quantitative estimate of drug-likeness (QED) is 0.710. The molecule has 2 aromatic rings. The molecule has 0 amide bonds. The summed E-state index contributed by atoms with van der Waals surface area (Å²) in [5, 5.41) is 0. The summed E-state index contributed by atoms with van der Waals surface area (Å²) in [5.74, 6) is -0.888. The van der Waals surface area contributed by atoms with Gasteiger partial charge in [0.1, 0.15) is 0 Å². The fourth-order valence-electron chi connectivity index (χ4n) is 2.46. The summed E-state index contributed by atoms with van der Waals surface area (Å²) in [4.78, 5) is 13.3. The lowest BCUT2D eigenvalue weighted by Gasteiger charge is -2.28. The van der Waals surface area contributed by atoms with E-state index in [0.29, 0.717) is 5.69 Å². The lowest BCUT2D eigenvalue weighted by Crippen LogP contribution is -2.26. The van der Waals surface area contributed by atoms with Gasteiger partial charge in [0.25, 0.3) is 0 Å². The van der Waals surface area contributed by atoms with Crippen LogP contribution in [0.3, 0.4) is 0 Å². The van der Waals surface area contributed by atoms with E-state index in [-0.39, 0.29) is 9.80 Å². The number of sulfone groups is 1. The molecule has 0 spiro atoms. The standard InChI is InChI=1S/C17H14BrNO4S/c1-11-3-6-13(7-4-11)19-10-16(17(20)23-2)24(21,22)15-8-5-12(18)9-14(15)19/h3-10H,1-2H3. The maximum Gasteiger partial charge on any atom is 0.351 e. The second-order valence-electron chi connectivity index (χ2n) is 5.31. The summed E-state index contributed by atoms with van der Waals surface area (Å²) in [6, 6.07) is 12.4. The van der Waals surface area contributed by atoms with E-state index in [4.69, 9.17) is 0 Å². The van der Waals surface area contributed by atoms with Gasteiger partial charge >= 0.3 is 5.97 Å². The van der Waals surface area contributed by atoms with Crippen molar-refractivity contribution in [1.29, 1.82) is 0 Å². The zero-order chi connectivity index (χ0) is 17.5. The molecular formula is C17H14BrNO4S. The molecule has 0 fully saturated rings. The van der Waals surface area contributed by atoms with Gasteiger partial charge in [-0.1, -0.05) is 33.6 Å². The Balaban J connectivity index is 2.28. The van der Waals surface area contributed by atoms with E-state index >= 15 is 0 Å². The van der Waals surface area contributed by atoms with Gasteiger partial charge in [0.05, 0.1) is 17.7 Å². The van der Waals surface area contributed by atoms with Crippen LogP contribution in [0.2, 0.25) is 0 Å². The number of nitrogens with zero attached hydrogens (tertiary/aromatic N) is 1. The van der Waals surface area contributed by atoms with Crippen LogP contribution in [0.4, 0.5) is 11.4 Å². The number of hydrogen-bond donors (Lipinski definition) is 0. The predicted octanol–water partition coefficient (Wildman–Crippen LogP) is 3.70. The number of anilines is 2. The zero-order valence-electron chi connectivity index (χ0n) is 13.0. The maximum atomic E-state index is 12.7. The highest BCUT2D eigenvalue weighted by molar-refractivity contribution is 9.10. The van der Waals surface area contributed by atoms with Gasteiger partial charge in [-0.3, -0.25) is 0 Å². The maximum absolute atomic E-state index is 12.7. The molecule has 0 N–H and O–H groups in total. The highest BCUT2D eigenvalue weighted by Gasteiger charge is 2.36. The summed E-state index contributed by atoms with van der Waals surface area (Å²) in [6.45, 7) is 1.96. The van der Waals surface area contributed by atoms with Crippen LogP contribution in [0.5, 0.6) is 0 Å². The van der Waals surface area contributed by atoms with E-state index in [1.165, 1.54) is 12.3 Å². The Labute approximate surface area is 148 Å². The molecule has 0 aromatic heterocycles. The second-order valence-corrected chi connectivity index (χ2v) is 8.11. The average molecular weight is 408 g/mol. The third-order valence-electron chi connectivity index (χ3n) is 3.70. The Bertz CT molecular complexity index is 949. The fourth-order valence-corrected chi connectivity index (χ4v) is 4.28. The van der Waals surface area contributed by atoms with E-state index in [1.54, 1.807) is 17.0 Å². The van der Waals surface area contributed by atoms with E-state index in [9.17, 15) is 13.2 Å². The molecule has 0 saturated carbocycles. The first kappa shape index (κ1) is 16.7. The Morgan fingerprint density at radius 1 is 1.12 bits per heavy atom. The first-order valence-electron chi connectivity index (χ1n) is 7.05. The number of carbonyl (C=O) groups is 1. The molecular weight excluding hydrogens is 394 g/mol. The number of rotatable bonds is 2. The summed E-state index contributed by atoms with van der Waals surface area (Å²) < 4.78 is 30.9. The SMILES string of the molecule is COC(=O)C1=CN(c2ccc(C)cc2)c2cc(Br)ccc2S1(=O)=O. The van der Waals surface area contributed by atoms with E-state index in [0.717, 1.165) is 22.8 Å². The molecule has 0 aliphatic carbocycles. The second kappa shape index (κ2) is 6.07. The summed E-state index contributed by atoms with van der Waals surface area (Å²) in [7, 11) is -2.78. The van der Waals surface area contributed by atoms with Crippen LogP contribution in [-0.4, -0.2) is 21.5 Å². The molecule has 124 valence electrons. The van der Waals surface area contributed by atoms with Crippen LogP contribution in [0.15, 0.2) is 62.9 Å². The molecule has 0 unspecified atom stereocenters. The average Bonchev–Trinajstić information content (AvgIpc) is 2.55. The largest absolute Gasteiger partial charge is 0.465 e. The fraction of sp³-hybridized carbons (Fsp3) is 0.118. The molecule has 2 aromatic carbocycles. The van der Waals surface area contributed by atoms with Gasteiger partial charge in [-0.25, -0.2) is 13.2 Å². The molecule has 3 rings (SSSR count). The molecule has 24 heavy (non-hydrogen) atoms. The predicted molar refractivity (Wildman–Crippen MR) is 94.7 cm³/mol. The number of aryl methyl sites for hydroxylation is 1. The molecule has 1 aliphatic heterocycles. The van der Waals surface area contributed by atoms with Crippen LogP contribution >= 0.6 is 15.9 Å². The van der Waals surface area contributed by atoms with E-state index in [2.05, 4.69) is 20.7 Å². The van der Waals surface area contributed by atoms with Crippen LogP contribution in [-0.2, 0) is 19.4 Å². The van der Waals surface area contributed by atoms with Crippen molar-refractivity contribution in [3.8, 4) is 0 Å². The number of hydrogen-bond acceptors (Lipinski definition) is 5. The van der Waals surface area contributed by atoms with Gasteiger partial charge in [0.2, 0.25) is 9.84 Å². The monoisotopic (exact) mass is 407 g/mol. The molecule has 0 bridgehead atoms. The van der Waals surface area contributed by atoms with Crippen molar-refractivity contribution in [2.24, 2.45) is 0 Å². The number of fused-ring (bicyclic) bond motifs is 1. The van der Waals surface area contributed by atoms with Crippen LogP contribution in [0.1, 0.15) is 5.56 Å². The number of carbonyl (C=O) groups excluding carboxylic acids is 1. The topological polar surface area (TPSA) is 63.7 Å². The lowest BCUT2D eigenvalue weighted by atomic mass is 10.2. The van der Waals surface area contributed by atoms with Crippen molar-refractivity contribution < 1.29 is 17.9 Å². The smallest absolute Gasteiger partial charge is 0.351 e. The van der Waals surface area contributed by atoms with E-state index < -0.39 is 15.8 Å². The van der Waals surface area contributed by atoms with Gasteiger partial charge in [-0.2, -0.15) is 0 Å². The van der Waals surface area contributed by atoms with Gasteiger partial charge in [-0.15, -0.1) is 0 Å². The van der Waals surface area contributed by atoms with Crippen molar-refractivity contribution in [1.82, 2.24) is 0 Å². The lowest BCUT2D eigenvalue weighted by molar-refractivity contribution is -0.135. The summed E-state index contributed by atoms with van der Waals surface area (Å²) >= 11 is 3.36. The highest BCUT2D eigenvalue weighted by Crippen LogP contribution is 2.41. The van der Waals surface area contributed by atoms with Crippen molar-refractivity contribution in [2.45, 2.75) is 11.8 Å². The van der Waals surface area contributed by atoms with Gasteiger partial charge < -0.3 is 9.64 Å². The number of benzene rings is 2. The van der Waals surface area contributed by atoms with E-state index in [1.807, 2.05) is 31.2 Å². The minimum atomic E-state index is -3.94. The normalized spacial score (nSPS) is 15.5. The molecule has 1 heterocycles. The van der Waals surface area contributed by atoms with Gasteiger partial charge in [0.15, 0.2) is 4.91 Å². The van der Waals surface area contributed by atoms with Gasteiger partial charge in [0, 0.05) is 16.4 Å². The Kier molecular flexibility index (Phi) is 4.23. The third kappa shape index (κ3) is 2.74. The van der Waals surface area contributed by atoms with Gasteiger partial charge in [-0.05, 0) is 37.3 Å². The summed E-state index contributed by atoms with van der Waals surface area (Å²) in [5.41, 5.74) is 2.30. The molecule has 1 aliphatic rings. The molecule has 7 heteroatoms. The minimum Gasteiger partial charge on any atom is -0.465 e. The van der Waals surface area contributed by atoms with Crippen LogP contribution in [0, 0.1) is 6.92 Å². The third-order valence-corrected chi connectivity index (χ3v) is 5.97. The van der Waals surface area contributed by atoms with Crippen LogP contribution in [0.25, 0.3) is 0 Å². The number of methoxy groups -OCH3 is 1.